The zero-order chi connectivity index (χ0) is 14.8. The summed E-state index contributed by atoms with van der Waals surface area (Å²) in [6.07, 6.45) is 0.928. The molecular weight excluding hydrogens is 246 g/mol. The quantitative estimate of drug-likeness (QED) is 0.889. The first-order valence-corrected chi connectivity index (χ1v) is 7.32. The van der Waals surface area contributed by atoms with Crippen LogP contribution in [0.15, 0.2) is 40.8 Å². The van der Waals surface area contributed by atoms with Crippen molar-refractivity contribution in [3.63, 3.8) is 0 Å². The number of nitrogens with one attached hydrogen (secondary N) is 1. The summed E-state index contributed by atoms with van der Waals surface area (Å²) < 4.78 is 5.95. The highest BCUT2D eigenvalue weighted by Gasteiger charge is 2.24. The van der Waals surface area contributed by atoms with Crippen LogP contribution in [0.3, 0.4) is 0 Å². The lowest BCUT2D eigenvalue weighted by Crippen LogP contribution is -2.23. The van der Waals surface area contributed by atoms with E-state index in [4.69, 9.17) is 4.42 Å². The van der Waals surface area contributed by atoms with Gasteiger partial charge in [-0.3, -0.25) is 0 Å². The van der Waals surface area contributed by atoms with E-state index in [1.165, 1.54) is 11.1 Å². The van der Waals surface area contributed by atoms with E-state index in [1.54, 1.807) is 0 Å². The summed E-state index contributed by atoms with van der Waals surface area (Å²) in [5, 5.41) is 3.39. The Kier molecular flexibility index (Phi) is 4.34. The van der Waals surface area contributed by atoms with Gasteiger partial charge in [0.05, 0.1) is 6.04 Å². The van der Waals surface area contributed by atoms with Crippen LogP contribution in [-0.2, 0) is 11.8 Å². The Bertz CT molecular complexity index is 563. The van der Waals surface area contributed by atoms with Gasteiger partial charge in [0.15, 0.2) is 0 Å². The van der Waals surface area contributed by atoms with Gasteiger partial charge in [-0.25, -0.2) is 0 Å². The zero-order valence-corrected chi connectivity index (χ0v) is 13.2. The second-order valence-electron chi connectivity index (χ2n) is 6.22. The van der Waals surface area contributed by atoms with Crippen molar-refractivity contribution in [3.05, 3.63) is 59.0 Å². The lowest BCUT2D eigenvalue weighted by molar-refractivity contribution is 0.430. The fourth-order valence-corrected chi connectivity index (χ4v) is 2.62. The monoisotopic (exact) mass is 271 g/mol. The molecule has 0 aliphatic rings. The molecule has 0 amide bonds. The van der Waals surface area contributed by atoms with Crippen LogP contribution < -0.4 is 5.32 Å². The third-order valence-electron chi connectivity index (χ3n) is 3.68. The predicted molar refractivity (Wildman–Crippen MR) is 84.1 cm³/mol. The van der Waals surface area contributed by atoms with Gasteiger partial charge in [-0.1, -0.05) is 52.0 Å². The first-order valence-electron chi connectivity index (χ1n) is 7.32. The number of aryl methyl sites for hydroxylation is 1. The predicted octanol–water partition coefficient (Wildman–Crippen LogP) is 4.45. The molecule has 0 aliphatic heterocycles. The van der Waals surface area contributed by atoms with Crippen molar-refractivity contribution in [2.45, 2.75) is 45.6 Å². The maximum absolute atomic E-state index is 5.95. The molecule has 1 aromatic heterocycles. The van der Waals surface area contributed by atoms with E-state index in [-0.39, 0.29) is 11.5 Å². The summed E-state index contributed by atoms with van der Waals surface area (Å²) >= 11 is 0. The van der Waals surface area contributed by atoms with Gasteiger partial charge in [0, 0.05) is 6.42 Å². The van der Waals surface area contributed by atoms with Crippen LogP contribution in [0.25, 0.3) is 0 Å². The molecule has 0 bridgehead atoms. The van der Waals surface area contributed by atoms with Crippen molar-refractivity contribution in [1.29, 1.82) is 0 Å². The van der Waals surface area contributed by atoms with Gasteiger partial charge >= 0.3 is 0 Å². The van der Waals surface area contributed by atoms with Gasteiger partial charge < -0.3 is 9.73 Å². The third-order valence-corrected chi connectivity index (χ3v) is 3.68. The Morgan fingerprint density at radius 1 is 1.10 bits per heavy atom. The van der Waals surface area contributed by atoms with E-state index in [1.807, 2.05) is 7.05 Å². The minimum atomic E-state index is 0.103. The Morgan fingerprint density at radius 3 is 2.35 bits per heavy atom. The molecule has 108 valence electrons. The SMILES string of the molecule is CCc1ccc(C(NC)c2ccccc2C(C)(C)C)o1. The van der Waals surface area contributed by atoms with E-state index in [2.05, 4.69) is 69.4 Å². The summed E-state index contributed by atoms with van der Waals surface area (Å²) in [6, 6.07) is 12.9. The van der Waals surface area contributed by atoms with Crippen molar-refractivity contribution >= 4 is 0 Å². The van der Waals surface area contributed by atoms with Gasteiger partial charge in [-0.05, 0) is 35.7 Å². The number of hydrogen-bond acceptors (Lipinski definition) is 2. The fourth-order valence-electron chi connectivity index (χ4n) is 2.62. The van der Waals surface area contributed by atoms with Crippen LogP contribution in [0.4, 0.5) is 0 Å². The average molecular weight is 271 g/mol. The molecule has 2 rings (SSSR count). The summed E-state index contributed by atoms with van der Waals surface area (Å²) in [4.78, 5) is 0. The van der Waals surface area contributed by atoms with Crippen LogP contribution in [0, 0.1) is 0 Å². The first-order chi connectivity index (χ1) is 9.47. The van der Waals surface area contributed by atoms with Gasteiger partial charge in [-0.2, -0.15) is 0 Å². The lowest BCUT2D eigenvalue weighted by atomic mass is 9.81. The molecule has 0 spiro atoms. The molecule has 0 radical (unpaired) electrons. The third kappa shape index (κ3) is 2.96. The largest absolute Gasteiger partial charge is 0.464 e. The van der Waals surface area contributed by atoms with Crippen molar-refractivity contribution in [2.24, 2.45) is 0 Å². The molecule has 0 fully saturated rings. The fraction of sp³-hybridized carbons (Fsp3) is 0.444. The molecule has 1 heterocycles. The van der Waals surface area contributed by atoms with Gasteiger partial charge in [0.2, 0.25) is 0 Å². The van der Waals surface area contributed by atoms with E-state index < -0.39 is 0 Å². The molecule has 1 atom stereocenters. The highest BCUT2D eigenvalue weighted by atomic mass is 16.3. The highest BCUT2D eigenvalue weighted by molar-refractivity contribution is 5.38. The first kappa shape index (κ1) is 14.9. The van der Waals surface area contributed by atoms with E-state index in [0.717, 1.165) is 17.9 Å². The van der Waals surface area contributed by atoms with Crippen LogP contribution >= 0.6 is 0 Å². The minimum absolute atomic E-state index is 0.103. The lowest BCUT2D eigenvalue weighted by Gasteiger charge is -2.26. The van der Waals surface area contributed by atoms with Crippen LogP contribution in [-0.4, -0.2) is 7.05 Å². The maximum Gasteiger partial charge on any atom is 0.125 e. The highest BCUT2D eigenvalue weighted by Crippen LogP contribution is 2.33. The summed E-state index contributed by atoms with van der Waals surface area (Å²) in [6.45, 7) is 8.86. The van der Waals surface area contributed by atoms with Gasteiger partial charge in [0.25, 0.3) is 0 Å². The molecule has 0 saturated heterocycles. The number of hydrogen-bond donors (Lipinski definition) is 1. The van der Waals surface area contributed by atoms with Gasteiger partial charge in [0.1, 0.15) is 11.5 Å². The Balaban J connectivity index is 2.47. The van der Waals surface area contributed by atoms with Crippen LogP contribution in [0.1, 0.15) is 56.4 Å². The number of benzene rings is 1. The number of rotatable bonds is 4. The Morgan fingerprint density at radius 2 is 1.80 bits per heavy atom. The van der Waals surface area contributed by atoms with Crippen molar-refractivity contribution in [1.82, 2.24) is 5.32 Å². The summed E-state index contributed by atoms with van der Waals surface area (Å²) in [7, 11) is 1.98. The second kappa shape index (κ2) is 5.84. The Hall–Kier alpha value is -1.54. The standard InChI is InChI=1S/C18H25NO/c1-6-13-11-12-16(20-13)17(19-5)14-9-7-8-10-15(14)18(2,3)4/h7-12,17,19H,6H2,1-5H3. The normalized spacial score (nSPS) is 13.4. The number of furan rings is 1. The van der Waals surface area contributed by atoms with Crippen molar-refractivity contribution < 1.29 is 4.42 Å². The van der Waals surface area contributed by atoms with E-state index in [9.17, 15) is 0 Å². The molecule has 2 aromatic rings. The maximum atomic E-state index is 5.95. The molecule has 0 saturated carbocycles. The average Bonchev–Trinajstić information content (AvgIpc) is 2.88. The zero-order valence-electron chi connectivity index (χ0n) is 13.2. The molecule has 2 nitrogen and oxygen atoms in total. The molecule has 20 heavy (non-hydrogen) atoms. The second-order valence-corrected chi connectivity index (χ2v) is 6.22. The summed E-state index contributed by atoms with van der Waals surface area (Å²) in [5.41, 5.74) is 2.76. The van der Waals surface area contributed by atoms with Crippen molar-refractivity contribution in [2.75, 3.05) is 7.05 Å². The molecule has 1 N–H and O–H groups in total. The van der Waals surface area contributed by atoms with Crippen LogP contribution in [0.5, 0.6) is 0 Å². The Labute approximate surface area is 122 Å². The molecular formula is C18H25NO. The smallest absolute Gasteiger partial charge is 0.125 e. The van der Waals surface area contributed by atoms with Gasteiger partial charge in [-0.15, -0.1) is 0 Å². The van der Waals surface area contributed by atoms with Crippen molar-refractivity contribution in [3.8, 4) is 0 Å². The minimum Gasteiger partial charge on any atom is -0.464 e. The topological polar surface area (TPSA) is 25.2 Å². The molecule has 0 aliphatic carbocycles. The van der Waals surface area contributed by atoms with E-state index >= 15 is 0 Å². The molecule has 2 heteroatoms. The molecule has 1 unspecified atom stereocenters. The van der Waals surface area contributed by atoms with E-state index in [0.29, 0.717) is 0 Å². The summed E-state index contributed by atoms with van der Waals surface area (Å²) in [5.74, 6) is 2.02. The van der Waals surface area contributed by atoms with Crippen LogP contribution in [0.2, 0.25) is 0 Å². The molecule has 1 aromatic carbocycles.